The van der Waals surface area contributed by atoms with Gasteiger partial charge in [-0.05, 0) is 91.4 Å². The Hall–Kier alpha value is -1.16. The first-order chi connectivity index (χ1) is 15.6. The first kappa shape index (κ1) is 23.3. The van der Waals surface area contributed by atoms with Crippen LogP contribution in [0.5, 0.6) is 0 Å². The smallest absolute Gasteiger partial charge is 0.312 e. The number of ether oxygens (including phenoxy) is 1. The van der Waals surface area contributed by atoms with Crippen LogP contribution in [0.15, 0.2) is 11.6 Å². The molecule has 188 valence electrons. The second-order valence-electron chi connectivity index (χ2n) is 15.1. The maximum atomic E-state index is 14.2. The molecule has 4 nitrogen and oxygen atoms in total. The average molecular weight is 469 g/mol. The van der Waals surface area contributed by atoms with Crippen molar-refractivity contribution in [2.75, 3.05) is 0 Å². The number of hydrogen-bond donors (Lipinski definition) is 1. The van der Waals surface area contributed by atoms with Crippen molar-refractivity contribution in [2.24, 2.45) is 50.2 Å². The predicted molar refractivity (Wildman–Crippen MR) is 131 cm³/mol. The highest BCUT2D eigenvalue weighted by Gasteiger charge is 2.72. The van der Waals surface area contributed by atoms with Crippen LogP contribution >= 0.6 is 0 Å². The van der Waals surface area contributed by atoms with Gasteiger partial charge in [0, 0.05) is 17.8 Å². The first-order valence-electron chi connectivity index (χ1n) is 13.8. The van der Waals surface area contributed by atoms with Crippen molar-refractivity contribution < 1.29 is 19.4 Å². The van der Waals surface area contributed by atoms with Crippen LogP contribution in [0.2, 0.25) is 0 Å². The van der Waals surface area contributed by atoms with Crippen LogP contribution in [0.4, 0.5) is 0 Å². The largest absolute Gasteiger partial charge is 0.461 e. The van der Waals surface area contributed by atoms with Crippen LogP contribution < -0.4 is 0 Å². The summed E-state index contributed by atoms with van der Waals surface area (Å²) in [6.45, 7) is 16.1. The number of aliphatic hydroxyl groups excluding tert-OH is 1. The van der Waals surface area contributed by atoms with E-state index in [1.54, 1.807) is 0 Å². The second-order valence-corrected chi connectivity index (χ2v) is 15.1. The lowest BCUT2D eigenvalue weighted by molar-refractivity contribution is -0.203. The van der Waals surface area contributed by atoms with Gasteiger partial charge in [0.1, 0.15) is 6.10 Å². The number of carbonyl (C=O) groups is 2. The molecule has 0 aromatic carbocycles. The molecule has 0 radical (unpaired) electrons. The summed E-state index contributed by atoms with van der Waals surface area (Å²) in [5.74, 6) is 0.871. The van der Waals surface area contributed by atoms with E-state index in [1.807, 2.05) is 0 Å². The zero-order valence-electron chi connectivity index (χ0n) is 22.3. The van der Waals surface area contributed by atoms with Gasteiger partial charge in [-0.1, -0.05) is 47.1 Å². The molecule has 10 unspecified atom stereocenters. The van der Waals surface area contributed by atoms with Crippen LogP contribution in [0, 0.1) is 50.2 Å². The van der Waals surface area contributed by atoms with Crippen LogP contribution in [-0.2, 0) is 14.3 Å². The summed E-state index contributed by atoms with van der Waals surface area (Å²) in [6, 6.07) is 0. The summed E-state index contributed by atoms with van der Waals surface area (Å²) in [6.07, 6.45) is 9.33. The molecule has 4 heteroatoms. The van der Waals surface area contributed by atoms with E-state index in [0.717, 1.165) is 51.4 Å². The SMILES string of the molecule is CC12CC(OC1=O)C1(C)CCC3(C)C(=CC(=O)C4C5(C)CCC(O)C(C)(C)C5CCC43C)C1C2. The summed E-state index contributed by atoms with van der Waals surface area (Å²) in [4.78, 5) is 27.1. The molecule has 0 aromatic heterocycles. The Bertz CT molecular complexity index is 1010. The molecular formula is C30H44O4. The van der Waals surface area contributed by atoms with Gasteiger partial charge in [-0.25, -0.2) is 0 Å². The molecule has 0 aromatic rings. The van der Waals surface area contributed by atoms with Crippen molar-refractivity contribution in [3.05, 3.63) is 11.6 Å². The normalized spacial score (nSPS) is 57.5. The summed E-state index contributed by atoms with van der Waals surface area (Å²) in [5, 5.41) is 10.9. The number of carbonyl (C=O) groups excluding carboxylic acids is 2. The summed E-state index contributed by atoms with van der Waals surface area (Å²) in [7, 11) is 0. The highest BCUT2D eigenvalue weighted by atomic mass is 16.6. The van der Waals surface area contributed by atoms with Crippen molar-refractivity contribution in [3.63, 3.8) is 0 Å². The van der Waals surface area contributed by atoms with Gasteiger partial charge in [0.15, 0.2) is 5.78 Å². The van der Waals surface area contributed by atoms with Crippen molar-refractivity contribution in [3.8, 4) is 0 Å². The fourth-order valence-corrected chi connectivity index (χ4v) is 10.9. The van der Waals surface area contributed by atoms with Crippen molar-refractivity contribution in [1.29, 1.82) is 0 Å². The average Bonchev–Trinajstić information content (AvgIpc) is 3.00. The maximum absolute atomic E-state index is 14.2. The monoisotopic (exact) mass is 468 g/mol. The molecule has 1 saturated heterocycles. The summed E-state index contributed by atoms with van der Waals surface area (Å²) in [5.41, 5.74) is 0.452. The summed E-state index contributed by atoms with van der Waals surface area (Å²) < 4.78 is 5.98. The van der Waals surface area contributed by atoms with Crippen molar-refractivity contribution >= 4 is 11.8 Å². The molecule has 5 fully saturated rings. The second kappa shape index (κ2) is 6.39. The van der Waals surface area contributed by atoms with Gasteiger partial charge in [0.25, 0.3) is 0 Å². The van der Waals surface area contributed by atoms with Gasteiger partial charge in [-0.3, -0.25) is 9.59 Å². The maximum Gasteiger partial charge on any atom is 0.312 e. The molecule has 4 saturated carbocycles. The number of allylic oxidation sites excluding steroid dienone is 2. The Morgan fingerprint density at radius 3 is 2.29 bits per heavy atom. The lowest BCUT2D eigenvalue weighted by Crippen LogP contribution is -2.67. The van der Waals surface area contributed by atoms with Gasteiger partial charge >= 0.3 is 5.97 Å². The standard InChI is InChI=1S/C30H44O4/c1-25(2)20-8-11-30(7)23(28(20,5)10-9-21(25)32)19(31)14-17-18-15-26(3)16-22(34-24(26)33)27(18,4)12-13-29(17,30)6/h14,18,20-23,32H,8-13,15-16H2,1-7H3. The van der Waals surface area contributed by atoms with Crippen LogP contribution in [-0.4, -0.2) is 29.1 Å². The van der Waals surface area contributed by atoms with Crippen LogP contribution in [0.3, 0.4) is 0 Å². The van der Waals surface area contributed by atoms with E-state index in [0.29, 0.717) is 11.7 Å². The number of esters is 1. The third kappa shape index (κ3) is 2.41. The van der Waals surface area contributed by atoms with Crippen molar-refractivity contribution in [1.82, 2.24) is 0 Å². The van der Waals surface area contributed by atoms with Gasteiger partial charge < -0.3 is 9.84 Å². The lowest BCUT2D eigenvalue weighted by atomic mass is 9.33. The van der Waals surface area contributed by atoms with Crippen LogP contribution in [0.1, 0.15) is 99.8 Å². The van der Waals surface area contributed by atoms with E-state index in [-0.39, 0.29) is 57.1 Å². The molecule has 6 rings (SSSR count). The fraction of sp³-hybridized carbons (Fsp3) is 0.867. The van der Waals surface area contributed by atoms with E-state index in [4.69, 9.17) is 4.74 Å². The third-order valence-corrected chi connectivity index (χ3v) is 13.3. The predicted octanol–water partition coefficient (Wildman–Crippen LogP) is 5.86. The zero-order valence-corrected chi connectivity index (χ0v) is 22.3. The zero-order chi connectivity index (χ0) is 24.7. The Morgan fingerprint density at radius 2 is 1.59 bits per heavy atom. The minimum absolute atomic E-state index is 0.00240. The Labute approximate surface area is 205 Å². The molecule has 1 N–H and O–H groups in total. The number of ketones is 1. The summed E-state index contributed by atoms with van der Waals surface area (Å²) >= 11 is 0. The van der Waals surface area contributed by atoms with Crippen molar-refractivity contribution in [2.45, 2.75) is 112 Å². The molecule has 1 heterocycles. The fourth-order valence-electron chi connectivity index (χ4n) is 10.9. The van der Waals surface area contributed by atoms with E-state index >= 15 is 0 Å². The lowest BCUT2D eigenvalue weighted by Gasteiger charge is -2.70. The molecule has 6 aliphatic rings. The first-order valence-corrected chi connectivity index (χ1v) is 13.8. The van der Waals surface area contributed by atoms with Crippen LogP contribution in [0.25, 0.3) is 0 Å². The van der Waals surface area contributed by atoms with Gasteiger partial charge in [-0.15, -0.1) is 0 Å². The Morgan fingerprint density at radius 1 is 0.882 bits per heavy atom. The van der Waals surface area contributed by atoms with E-state index in [2.05, 4.69) is 54.5 Å². The Kier molecular flexibility index (Phi) is 4.37. The van der Waals surface area contributed by atoms with E-state index in [9.17, 15) is 14.7 Å². The highest BCUT2D eigenvalue weighted by Crippen LogP contribution is 2.75. The highest BCUT2D eigenvalue weighted by molar-refractivity contribution is 5.95. The minimum Gasteiger partial charge on any atom is -0.461 e. The van der Waals surface area contributed by atoms with Gasteiger partial charge in [-0.2, -0.15) is 0 Å². The Balaban J connectivity index is 1.48. The van der Waals surface area contributed by atoms with Gasteiger partial charge in [0.05, 0.1) is 11.5 Å². The molecule has 34 heavy (non-hydrogen) atoms. The molecule has 5 aliphatic carbocycles. The van der Waals surface area contributed by atoms with E-state index < -0.39 is 5.41 Å². The molecule has 0 amide bonds. The quantitative estimate of drug-likeness (QED) is 0.452. The third-order valence-electron chi connectivity index (χ3n) is 13.3. The molecule has 2 bridgehead atoms. The molecule has 1 aliphatic heterocycles. The number of hydrogen-bond acceptors (Lipinski definition) is 4. The number of rotatable bonds is 0. The number of fused-ring (bicyclic) bond motifs is 10. The molecule has 10 atom stereocenters. The minimum atomic E-state index is -0.415. The molecule has 0 spiro atoms. The topological polar surface area (TPSA) is 63.6 Å². The molecular weight excluding hydrogens is 424 g/mol. The van der Waals surface area contributed by atoms with Gasteiger partial charge in [0.2, 0.25) is 0 Å². The number of aliphatic hydroxyl groups is 1. The van der Waals surface area contributed by atoms with E-state index in [1.165, 1.54) is 5.57 Å².